The van der Waals surface area contributed by atoms with E-state index in [4.69, 9.17) is 18.9 Å². The van der Waals surface area contributed by atoms with Crippen molar-refractivity contribution in [3.05, 3.63) is 59.7 Å². The molecule has 3 rings (SSSR count). The van der Waals surface area contributed by atoms with Crippen molar-refractivity contribution < 1.29 is 38.1 Å². The van der Waals surface area contributed by atoms with Gasteiger partial charge in [-0.3, -0.25) is 9.59 Å². The lowest BCUT2D eigenvalue weighted by Crippen LogP contribution is -2.52. The molecule has 0 aliphatic carbocycles. The third-order valence-electron chi connectivity index (χ3n) is 5.45. The molecule has 1 aliphatic heterocycles. The maximum Gasteiger partial charge on any atom is 0.342 e. The van der Waals surface area contributed by atoms with Crippen molar-refractivity contribution >= 4 is 23.8 Å². The molecule has 0 aromatic heterocycles. The van der Waals surface area contributed by atoms with Gasteiger partial charge in [-0.1, -0.05) is 24.3 Å². The number of piperazine rings is 1. The minimum Gasteiger partial charge on any atom is -0.493 e. The largest absolute Gasteiger partial charge is 0.493 e. The molecule has 1 aliphatic rings. The molecule has 0 spiro atoms. The van der Waals surface area contributed by atoms with Crippen molar-refractivity contribution in [1.82, 2.24) is 9.80 Å². The molecule has 2 amide bonds. The Morgan fingerprint density at radius 2 is 1.00 bits per heavy atom. The molecule has 1 heterocycles. The summed E-state index contributed by atoms with van der Waals surface area (Å²) < 4.78 is 21.2. The highest BCUT2D eigenvalue weighted by atomic mass is 16.5. The average Bonchev–Trinajstić information content (AvgIpc) is 2.91. The molecule has 0 N–H and O–H groups in total. The molecule has 10 nitrogen and oxygen atoms in total. The highest BCUT2D eigenvalue weighted by molar-refractivity contribution is 5.94. The lowest BCUT2D eigenvalue weighted by atomic mass is 10.2. The third-order valence-corrected chi connectivity index (χ3v) is 5.45. The summed E-state index contributed by atoms with van der Waals surface area (Å²) in [5.74, 6) is -1.22. The Balaban J connectivity index is 1.43. The minimum atomic E-state index is -0.645. The number of rotatable bonds is 10. The second kappa shape index (κ2) is 13.1. The van der Waals surface area contributed by atoms with Crippen LogP contribution in [0.25, 0.3) is 0 Å². The molecule has 192 valence electrons. The predicted molar refractivity (Wildman–Crippen MR) is 129 cm³/mol. The quantitative estimate of drug-likeness (QED) is 0.458. The lowest BCUT2D eigenvalue weighted by molar-refractivity contribution is -0.142. The molecular formula is C26H30N2O8. The van der Waals surface area contributed by atoms with Crippen molar-refractivity contribution in [2.45, 2.75) is 13.8 Å². The lowest BCUT2D eigenvalue weighted by Gasteiger charge is -2.34. The maximum absolute atomic E-state index is 12.5. The molecule has 0 unspecified atom stereocenters. The number of benzene rings is 2. The Bertz CT molecular complexity index is 994. The molecule has 1 saturated heterocycles. The number of ether oxygens (including phenoxy) is 4. The van der Waals surface area contributed by atoms with Gasteiger partial charge in [0.25, 0.3) is 11.8 Å². The number of para-hydroxylation sites is 2. The van der Waals surface area contributed by atoms with Crippen LogP contribution in [0.4, 0.5) is 0 Å². The van der Waals surface area contributed by atoms with Crippen LogP contribution >= 0.6 is 0 Å². The van der Waals surface area contributed by atoms with Crippen LogP contribution in [0.1, 0.15) is 34.6 Å². The smallest absolute Gasteiger partial charge is 0.342 e. The Hall–Kier alpha value is -4.08. The van der Waals surface area contributed by atoms with E-state index < -0.39 is 25.2 Å². The number of carbonyl (C=O) groups excluding carboxylic acids is 4. The van der Waals surface area contributed by atoms with Gasteiger partial charge in [0.15, 0.2) is 13.2 Å². The second-order valence-electron chi connectivity index (χ2n) is 7.77. The van der Waals surface area contributed by atoms with Gasteiger partial charge in [0.1, 0.15) is 22.6 Å². The van der Waals surface area contributed by atoms with Gasteiger partial charge in [-0.25, -0.2) is 9.59 Å². The summed E-state index contributed by atoms with van der Waals surface area (Å²) in [7, 11) is 0. The van der Waals surface area contributed by atoms with Crippen LogP contribution in [0.5, 0.6) is 11.5 Å². The summed E-state index contributed by atoms with van der Waals surface area (Å²) in [5, 5.41) is 0. The summed E-state index contributed by atoms with van der Waals surface area (Å²) >= 11 is 0. The molecule has 10 heteroatoms. The maximum atomic E-state index is 12.5. The van der Waals surface area contributed by atoms with Crippen molar-refractivity contribution in [3.8, 4) is 11.5 Å². The molecule has 0 saturated carbocycles. The van der Waals surface area contributed by atoms with E-state index in [1.54, 1.807) is 48.5 Å². The van der Waals surface area contributed by atoms with Gasteiger partial charge in [-0.15, -0.1) is 0 Å². The van der Waals surface area contributed by atoms with E-state index >= 15 is 0 Å². The zero-order valence-corrected chi connectivity index (χ0v) is 20.4. The van der Waals surface area contributed by atoms with Crippen LogP contribution in [-0.2, 0) is 19.1 Å². The van der Waals surface area contributed by atoms with Crippen molar-refractivity contribution in [3.63, 3.8) is 0 Å². The minimum absolute atomic E-state index is 0.251. The van der Waals surface area contributed by atoms with E-state index in [9.17, 15) is 19.2 Å². The highest BCUT2D eigenvalue weighted by Gasteiger charge is 2.26. The SMILES string of the molecule is CCOc1ccccc1C(=O)OCC(=O)N1CCN(C(=O)COC(=O)c2ccccc2OCC)CC1. The average molecular weight is 499 g/mol. The molecule has 2 aromatic carbocycles. The fraction of sp³-hybridized carbons (Fsp3) is 0.385. The van der Waals surface area contributed by atoms with Crippen LogP contribution < -0.4 is 9.47 Å². The number of hydrogen-bond acceptors (Lipinski definition) is 8. The third kappa shape index (κ3) is 6.97. The first-order chi connectivity index (χ1) is 17.4. The van der Waals surface area contributed by atoms with E-state index in [1.165, 1.54) is 9.80 Å². The normalized spacial score (nSPS) is 13.1. The molecule has 36 heavy (non-hydrogen) atoms. The molecule has 0 radical (unpaired) electrons. The molecule has 0 bridgehead atoms. The van der Waals surface area contributed by atoms with E-state index in [2.05, 4.69) is 0 Å². The molecule has 0 atom stereocenters. The number of esters is 2. The zero-order valence-electron chi connectivity index (χ0n) is 20.4. The Labute approximate surface area is 209 Å². The van der Waals surface area contributed by atoms with Gasteiger partial charge in [0, 0.05) is 26.2 Å². The van der Waals surface area contributed by atoms with Crippen molar-refractivity contribution in [2.75, 3.05) is 52.6 Å². The standard InChI is InChI=1S/C26H30N2O8/c1-3-33-21-11-7-5-9-19(21)25(31)35-17-23(29)27-13-15-28(16-14-27)24(30)18-36-26(32)20-10-6-8-12-22(20)34-4-2/h5-12H,3-4,13-18H2,1-2H3. The van der Waals surface area contributed by atoms with Crippen molar-refractivity contribution in [1.29, 1.82) is 0 Å². The van der Waals surface area contributed by atoms with Gasteiger partial charge in [0.2, 0.25) is 0 Å². The van der Waals surface area contributed by atoms with Crippen LogP contribution in [0, 0.1) is 0 Å². The zero-order chi connectivity index (χ0) is 25.9. The predicted octanol–water partition coefficient (Wildman–Crippen LogP) is 2.17. The first kappa shape index (κ1) is 26.5. The molecule has 1 fully saturated rings. The van der Waals surface area contributed by atoms with Gasteiger partial charge >= 0.3 is 11.9 Å². The fourth-order valence-electron chi connectivity index (χ4n) is 3.63. The van der Waals surface area contributed by atoms with Gasteiger partial charge in [-0.05, 0) is 38.1 Å². The van der Waals surface area contributed by atoms with Gasteiger partial charge in [-0.2, -0.15) is 0 Å². The van der Waals surface area contributed by atoms with E-state index in [-0.39, 0.29) is 49.1 Å². The van der Waals surface area contributed by atoms with Crippen molar-refractivity contribution in [2.24, 2.45) is 0 Å². The van der Waals surface area contributed by atoms with E-state index in [0.29, 0.717) is 24.7 Å². The summed E-state index contributed by atoms with van der Waals surface area (Å²) in [5.41, 5.74) is 0.502. The Morgan fingerprint density at radius 3 is 1.36 bits per heavy atom. The first-order valence-electron chi connectivity index (χ1n) is 11.8. The molecule has 2 aromatic rings. The van der Waals surface area contributed by atoms with E-state index in [0.717, 1.165) is 0 Å². The van der Waals surface area contributed by atoms with Crippen LogP contribution in [0.2, 0.25) is 0 Å². The summed E-state index contributed by atoms with van der Waals surface area (Å²) in [6.45, 7) is 4.68. The highest BCUT2D eigenvalue weighted by Crippen LogP contribution is 2.20. The van der Waals surface area contributed by atoms with E-state index in [1.807, 2.05) is 13.8 Å². The van der Waals surface area contributed by atoms with Crippen LogP contribution in [-0.4, -0.2) is 86.2 Å². The summed E-state index contributed by atoms with van der Waals surface area (Å²) in [6, 6.07) is 13.3. The van der Waals surface area contributed by atoms with Crippen LogP contribution in [0.3, 0.4) is 0 Å². The monoisotopic (exact) mass is 498 g/mol. The Morgan fingerprint density at radius 1 is 0.639 bits per heavy atom. The number of amides is 2. The molecular weight excluding hydrogens is 468 g/mol. The second-order valence-corrected chi connectivity index (χ2v) is 7.77. The summed E-state index contributed by atoms with van der Waals surface area (Å²) in [4.78, 5) is 52.8. The Kier molecular flexibility index (Phi) is 9.67. The fourth-order valence-corrected chi connectivity index (χ4v) is 3.63. The first-order valence-corrected chi connectivity index (χ1v) is 11.8. The van der Waals surface area contributed by atoms with Gasteiger partial charge < -0.3 is 28.7 Å². The number of carbonyl (C=O) groups is 4. The summed E-state index contributed by atoms with van der Waals surface area (Å²) in [6.07, 6.45) is 0. The van der Waals surface area contributed by atoms with Crippen LogP contribution in [0.15, 0.2) is 48.5 Å². The number of nitrogens with zero attached hydrogens (tertiary/aromatic N) is 2. The number of hydrogen-bond donors (Lipinski definition) is 0. The topological polar surface area (TPSA) is 112 Å². The van der Waals surface area contributed by atoms with Gasteiger partial charge in [0.05, 0.1) is 13.2 Å².